The van der Waals surface area contributed by atoms with Crippen LogP contribution in [0.25, 0.3) is 10.2 Å². The molecule has 108 valence electrons. The van der Waals surface area contributed by atoms with Crippen LogP contribution in [0.3, 0.4) is 0 Å². The molecule has 1 fully saturated rings. The van der Waals surface area contributed by atoms with Gasteiger partial charge in [0.1, 0.15) is 4.83 Å². The van der Waals surface area contributed by atoms with Crippen molar-refractivity contribution >= 4 is 21.6 Å². The average Bonchev–Trinajstić information content (AvgIpc) is 2.81. The third-order valence-corrected chi connectivity index (χ3v) is 4.85. The van der Waals surface area contributed by atoms with Crippen molar-refractivity contribution in [3.63, 3.8) is 0 Å². The Morgan fingerprint density at radius 3 is 2.75 bits per heavy atom. The molecule has 1 saturated heterocycles. The largest absolute Gasteiger partial charge is 0.304 e. The predicted molar refractivity (Wildman–Crippen MR) is 82.6 cm³/mol. The predicted octanol–water partition coefficient (Wildman–Crippen LogP) is 1.01. The van der Waals surface area contributed by atoms with E-state index in [2.05, 4.69) is 21.8 Å². The number of fused-ring (bicyclic) bond motifs is 1. The smallest absolute Gasteiger partial charge is 0.262 e. The SMILES string of the molecule is Cc1cc2c(=O)n(CCN3CCN(C)CC3)cnc2s1. The van der Waals surface area contributed by atoms with Crippen LogP contribution in [0.15, 0.2) is 17.2 Å². The molecule has 0 aromatic carbocycles. The van der Waals surface area contributed by atoms with Gasteiger partial charge in [-0.3, -0.25) is 14.3 Å². The van der Waals surface area contributed by atoms with Gasteiger partial charge in [0, 0.05) is 44.1 Å². The summed E-state index contributed by atoms with van der Waals surface area (Å²) in [6, 6.07) is 1.95. The molecule has 0 N–H and O–H groups in total. The summed E-state index contributed by atoms with van der Waals surface area (Å²) in [4.78, 5) is 23.5. The van der Waals surface area contributed by atoms with Gasteiger partial charge in [-0.25, -0.2) is 4.98 Å². The fourth-order valence-corrected chi connectivity index (χ4v) is 3.40. The Hall–Kier alpha value is -1.24. The van der Waals surface area contributed by atoms with Crippen molar-refractivity contribution in [2.24, 2.45) is 0 Å². The number of rotatable bonds is 3. The first-order valence-corrected chi connectivity index (χ1v) is 7.81. The average molecular weight is 292 g/mol. The van der Waals surface area contributed by atoms with Crippen LogP contribution in [0.1, 0.15) is 4.88 Å². The third-order valence-electron chi connectivity index (χ3n) is 3.89. The van der Waals surface area contributed by atoms with Crippen LogP contribution in [0.5, 0.6) is 0 Å². The summed E-state index contributed by atoms with van der Waals surface area (Å²) in [5.41, 5.74) is 0.0912. The highest BCUT2D eigenvalue weighted by atomic mass is 32.1. The molecule has 0 unspecified atom stereocenters. The first-order valence-electron chi connectivity index (χ1n) is 7.00. The Balaban J connectivity index is 1.71. The molecule has 0 atom stereocenters. The molecular weight excluding hydrogens is 272 g/mol. The van der Waals surface area contributed by atoms with Crippen molar-refractivity contribution in [3.8, 4) is 0 Å². The van der Waals surface area contributed by atoms with Crippen molar-refractivity contribution in [3.05, 3.63) is 27.6 Å². The van der Waals surface area contributed by atoms with E-state index in [1.165, 1.54) is 0 Å². The van der Waals surface area contributed by atoms with E-state index in [1.54, 1.807) is 22.2 Å². The molecular formula is C14H20N4OS. The molecule has 0 bridgehead atoms. The Morgan fingerprint density at radius 2 is 2.00 bits per heavy atom. The summed E-state index contributed by atoms with van der Waals surface area (Å²) in [5.74, 6) is 0. The van der Waals surface area contributed by atoms with Gasteiger partial charge < -0.3 is 4.90 Å². The molecule has 1 aliphatic heterocycles. The van der Waals surface area contributed by atoms with E-state index in [9.17, 15) is 4.79 Å². The Bertz CT molecular complexity index is 655. The van der Waals surface area contributed by atoms with Crippen LogP contribution in [0, 0.1) is 6.92 Å². The van der Waals surface area contributed by atoms with Crippen LogP contribution < -0.4 is 5.56 Å². The highest BCUT2D eigenvalue weighted by molar-refractivity contribution is 7.18. The zero-order valence-electron chi connectivity index (χ0n) is 12.0. The zero-order valence-corrected chi connectivity index (χ0v) is 12.8. The molecule has 0 spiro atoms. The minimum atomic E-state index is 0.0912. The highest BCUT2D eigenvalue weighted by Crippen LogP contribution is 2.19. The minimum absolute atomic E-state index is 0.0912. The molecule has 0 radical (unpaired) electrons. The van der Waals surface area contributed by atoms with Crippen molar-refractivity contribution in [2.75, 3.05) is 39.8 Å². The highest BCUT2D eigenvalue weighted by Gasteiger charge is 2.14. The van der Waals surface area contributed by atoms with Gasteiger partial charge in [0.15, 0.2) is 0 Å². The van der Waals surface area contributed by atoms with Gasteiger partial charge in [0.25, 0.3) is 5.56 Å². The van der Waals surface area contributed by atoms with Crippen molar-refractivity contribution in [2.45, 2.75) is 13.5 Å². The summed E-state index contributed by atoms with van der Waals surface area (Å²) < 4.78 is 1.74. The summed E-state index contributed by atoms with van der Waals surface area (Å²) >= 11 is 1.58. The Kier molecular flexibility index (Phi) is 3.87. The van der Waals surface area contributed by atoms with Crippen molar-refractivity contribution in [1.82, 2.24) is 19.4 Å². The molecule has 6 heteroatoms. The maximum Gasteiger partial charge on any atom is 0.262 e. The van der Waals surface area contributed by atoms with Crippen molar-refractivity contribution < 1.29 is 0 Å². The number of aromatic nitrogens is 2. The van der Waals surface area contributed by atoms with E-state index in [1.807, 2.05) is 13.0 Å². The lowest BCUT2D eigenvalue weighted by Gasteiger charge is -2.32. The van der Waals surface area contributed by atoms with Crippen LogP contribution in [0.4, 0.5) is 0 Å². The normalized spacial score (nSPS) is 17.9. The second kappa shape index (κ2) is 5.63. The third kappa shape index (κ3) is 2.77. The number of thiophene rings is 1. The monoisotopic (exact) mass is 292 g/mol. The molecule has 0 amide bonds. The van der Waals surface area contributed by atoms with E-state index in [0.29, 0.717) is 0 Å². The first kappa shape index (κ1) is 13.7. The van der Waals surface area contributed by atoms with Gasteiger partial charge in [-0.05, 0) is 20.0 Å². The number of hydrogen-bond acceptors (Lipinski definition) is 5. The minimum Gasteiger partial charge on any atom is -0.304 e. The Morgan fingerprint density at radius 1 is 1.25 bits per heavy atom. The fourth-order valence-electron chi connectivity index (χ4n) is 2.56. The quantitative estimate of drug-likeness (QED) is 0.847. The molecule has 1 aliphatic rings. The summed E-state index contributed by atoms with van der Waals surface area (Å²) in [7, 11) is 2.15. The van der Waals surface area contributed by atoms with E-state index >= 15 is 0 Å². The van der Waals surface area contributed by atoms with Crippen molar-refractivity contribution in [1.29, 1.82) is 0 Å². The molecule has 5 nitrogen and oxygen atoms in total. The van der Waals surface area contributed by atoms with E-state index < -0.39 is 0 Å². The van der Waals surface area contributed by atoms with E-state index in [4.69, 9.17) is 0 Å². The number of nitrogens with zero attached hydrogens (tertiary/aromatic N) is 4. The maximum atomic E-state index is 12.4. The van der Waals surface area contributed by atoms with E-state index in [-0.39, 0.29) is 5.56 Å². The van der Waals surface area contributed by atoms with E-state index in [0.717, 1.165) is 54.4 Å². The summed E-state index contributed by atoms with van der Waals surface area (Å²) in [6.45, 7) is 8.04. The van der Waals surface area contributed by atoms with Crippen LogP contribution in [-0.4, -0.2) is 59.1 Å². The molecule has 20 heavy (non-hydrogen) atoms. The number of aryl methyl sites for hydroxylation is 1. The zero-order chi connectivity index (χ0) is 14.1. The van der Waals surface area contributed by atoms with Gasteiger partial charge in [0.05, 0.1) is 11.7 Å². The standard InChI is InChI=1S/C14H20N4OS/c1-11-9-12-13(20-11)15-10-18(14(12)19)8-7-17-5-3-16(2)4-6-17/h9-10H,3-8H2,1-2H3. The maximum absolute atomic E-state index is 12.4. The molecule has 0 saturated carbocycles. The fraction of sp³-hybridized carbons (Fsp3) is 0.571. The van der Waals surface area contributed by atoms with Crippen LogP contribution in [0.2, 0.25) is 0 Å². The van der Waals surface area contributed by atoms with Gasteiger partial charge >= 0.3 is 0 Å². The van der Waals surface area contributed by atoms with Gasteiger partial charge in [-0.2, -0.15) is 0 Å². The van der Waals surface area contributed by atoms with Gasteiger partial charge in [-0.15, -0.1) is 11.3 Å². The molecule has 0 aliphatic carbocycles. The lowest BCUT2D eigenvalue weighted by molar-refractivity contribution is 0.149. The second-order valence-electron chi connectivity index (χ2n) is 5.46. The molecule has 2 aromatic rings. The lowest BCUT2D eigenvalue weighted by atomic mass is 10.3. The Labute approximate surface area is 122 Å². The van der Waals surface area contributed by atoms with Crippen LogP contribution in [-0.2, 0) is 6.54 Å². The van der Waals surface area contributed by atoms with Gasteiger partial charge in [0.2, 0.25) is 0 Å². The molecule has 2 aromatic heterocycles. The topological polar surface area (TPSA) is 41.4 Å². The number of likely N-dealkylation sites (N-methyl/N-ethyl adjacent to an activating group) is 1. The second-order valence-corrected chi connectivity index (χ2v) is 6.70. The number of piperazine rings is 1. The first-order chi connectivity index (χ1) is 9.63. The van der Waals surface area contributed by atoms with Gasteiger partial charge in [-0.1, -0.05) is 0 Å². The summed E-state index contributed by atoms with van der Waals surface area (Å²) in [6.07, 6.45) is 1.69. The lowest BCUT2D eigenvalue weighted by Crippen LogP contribution is -2.45. The molecule has 3 rings (SSSR count). The summed E-state index contributed by atoms with van der Waals surface area (Å²) in [5, 5.41) is 0.758. The van der Waals surface area contributed by atoms with Crippen LogP contribution >= 0.6 is 11.3 Å². The molecule has 3 heterocycles. The number of hydrogen-bond donors (Lipinski definition) is 0.